The van der Waals surface area contributed by atoms with Gasteiger partial charge in [-0.3, -0.25) is 9.79 Å². The molecule has 0 saturated heterocycles. The molecule has 0 aromatic carbocycles. The van der Waals surface area contributed by atoms with E-state index < -0.39 is 0 Å². The second-order valence-corrected chi connectivity index (χ2v) is 2.64. The molecule has 0 N–H and O–H groups in total. The Morgan fingerprint density at radius 3 is 3.10 bits per heavy atom. The molecule has 1 aliphatic heterocycles. The summed E-state index contributed by atoms with van der Waals surface area (Å²) in [5.41, 5.74) is 0. The van der Waals surface area contributed by atoms with Gasteiger partial charge in [0.2, 0.25) is 0 Å². The summed E-state index contributed by atoms with van der Waals surface area (Å²) >= 11 is 0. The van der Waals surface area contributed by atoms with E-state index in [1.165, 1.54) is 0 Å². The molecule has 2 heteroatoms. The van der Waals surface area contributed by atoms with Crippen molar-refractivity contribution in [1.82, 2.24) is 0 Å². The van der Waals surface area contributed by atoms with E-state index in [1.807, 2.05) is 13.1 Å². The SMILES string of the molecule is CCCC(=O)C1CCC=N1. The van der Waals surface area contributed by atoms with Crippen LogP contribution in [-0.4, -0.2) is 18.0 Å². The molecule has 0 saturated carbocycles. The molecule has 0 radical (unpaired) electrons. The maximum Gasteiger partial charge on any atom is 0.157 e. The molecule has 1 unspecified atom stereocenters. The van der Waals surface area contributed by atoms with Gasteiger partial charge in [0.1, 0.15) is 6.04 Å². The predicted molar refractivity (Wildman–Crippen MR) is 41.4 cm³/mol. The van der Waals surface area contributed by atoms with Gasteiger partial charge < -0.3 is 0 Å². The van der Waals surface area contributed by atoms with E-state index in [2.05, 4.69) is 4.99 Å². The number of rotatable bonds is 3. The molecule has 0 fully saturated rings. The van der Waals surface area contributed by atoms with Gasteiger partial charge in [0.15, 0.2) is 5.78 Å². The van der Waals surface area contributed by atoms with Gasteiger partial charge in [0.25, 0.3) is 0 Å². The second-order valence-electron chi connectivity index (χ2n) is 2.64. The molecule has 0 aromatic rings. The van der Waals surface area contributed by atoms with Gasteiger partial charge in [-0.25, -0.2) is 0 Å². The lowest BCUT2D eigenvalue weighted by atomic mass is 10.1. The van der Waals surface area contributed by atoms with Crippen molar-refractivity contribution in [3.8, 4) is 0 Å². The number of hydrogen-bond acceptors (Lipinski definition) is 2. The van der Waals surface area contributed by atoms with Crippen molar-refractivity contribution in [3.63, 3.8) is 0 Å². The van der Waals surface area contributed by atoms with Crippen molar-refractivity contribution in [3.05, 3.63) is 0 Å². The van der Waals surface area contributed by atoms with Crippen LogP contribution in [0.3, 0.4) is 0 Å². The number of carbonyl (C=O) groups excluding carboxylic acids is 1. The first-order valence-corrected chi connectivity index (χ1v) is 3.89. The maximum atomic E-state index is 11.1. The van der Waals surface area contributed by atoms with E-state index in [0.29, 0.717) is 12.2 Å². The van der Waals surface area contributed by atoms with Crippen LogP contribution >= 0.6 is 0 Å². The Kier molecular flexibility index (Phi) is 2.60. The summed E-state index contributed by atoms with van der Waals surface area (Å²) < 4.78 is 0. The fourth-order valence-electron chi connectivity index (χ4n) is 1.17. The van der Waals surface area contributed by atoms with E-state index >= 15 is 0 Å². The average Bonchev–Trinajstić information content (AvgIpc) is 2.38. The van der Waals surface area contributed by atoms with Gasteiger partial charge in [-0.1, -0.05) is 6.92 Å². The van der Waals surface area contributed by atoms with Gasteiger partial charge >= 0.3 is 0 Å². The summed E-state index contributed by atoms with van der Waals surface area (Å²) in [6, 6.07) is 0.0138. The van der Waals surface area contributed by atoms with Crippen LogP contribution < -0.4 is 0 Å². The van der Waals surface area contributed by atoms with Crippen LogP contribution in [0.1, 0.15) is 32.6 Å². The molecule has 0 amide bonds. The molecular weight excluding hydrogens is 126 g/mol. The molecule has 1 atom stereocenters. The number of Topliss-reactive ketones (excluding diaryl/α,β-unsaturated/α-hetero) is 1. The molecule has 2 nitrogen and oxygen atoms in total. The van der Waals surface area contributed by atoms with Crippen molar-refractivity contribution in [2.75, 3.05) is 0 Å². The third-order valence-corrected chi connectivity index (χ3v) is 1.72. The highest BCUT2D eigenvalue weighted by atomic mass is 16.1. The quantitative estimate of drug-likeness (QED) is 0.583. The van der Waals surface area contributed by atoms with Gasteiger partial charge in [-0.2, -0.15) is 0 Å². The van der Waals surface area contributed by atoms with Crippen molar-refractivity contribution >= 4 is 12.0 Å². The van der Waals surface area contributed by atoms with Crippen LogP contribution in [0.15, 0.2) is 4.99 Å². The largest absolute Gasteiger partial charge is 0.297 e. The minimum atomic E-state index is 0.0138. The zero-order chi connectivity index (χ0) is 7.40. The Morgan fingerprint density at radius 2 is 2.60 bits per heavy atom. The Hall–Kier alpha value is -0.660. The van der Waals surface area contributed by atoms with Crippen LogP contribution in [0.4, 0.5) is 0 Å². The lowest BCUT2D eigenvalue weighted by Gasteiger charge is -2.02. The zero-order valence-electron chi connectivity index (χ0n) is 6.34. The molecular formula is C8H13NO. The van der Waals surface area contributed by atoms with Crippen LogP contribution in [-0.2, 0) is 4.79 Å². The van der Waals surface area contributed by atoms with E-state index in [0.717, 1.165) is 19.3 Å². The van der Waals surface area contributed by atoms with Crippen molar-refractivity contribution < 1.29 is 4.79 Å². The Morgan fingerprint density at radius 1 is 1.80 bits per heavy atom. The second kappa shape index (κ2) is 3.49. The molecule has 10 heavy (non-hydrogen) atoms. The minimum absolute atomic E-state index is 0.0138. The monoisotopic (exact) mass is 139 g/mol. The summed E-state index contributed by atoms with van der Waals surface area (Å²) in [5, 5.41) is 0. The zero-order valence-corrected chi connectivity index (χ0v) is 6.34. The third kappa shape index (κ3) is 1.66. The highest BCUT2D eigenvalue weighted by Gasteiger charge is 2.17. The molecule has 1 aliphatic rings. The van der Waals surface area contributed by atoms with E-state index in [-0.39, 0.29) is 6.04 Å². The summed E-state index contributed by atoms with van der Waals surface area (Å²) in [7, 11) is 0. The van der Waals surface area contributed by atoms with Gasteiger partial charge in [-0.05, 0) is 25.5 Å². The Balaban J connectivity index is 2.33. The van der Waals surface area contributed by atoms with Gasteiger partial charge in [0.05, 0.1) is 0 Å². The van der Waals surface area contributed by atoms with E-state index in [9.17, 15) is 4.79 Å². The molecule has 0 spiro atoms. The van der Waals surface area contributed by atoms with Crippen molar-refractivity contribution in [2.45, 2.75) is 38.6 Å². The topological polar surface area (TPSA) is 29.4 Å². The number of hydrogen-bond donors (Lipinski definition) is 0. The molecule has 1 heterocycles. The first-order valence-electron chi connectivity index (χ1n) is 3.89. The molecule has 1 rings (SSSR count). The smallest absolute Gasteiger partial charge is 0.157 e. The fourth-order valence-corrected chi connectivity index (χ4v) is 1.17. The Labute approximate surface area is 61.3 Å². The summed E-state index contributed by atoms with van der Waals surface area (Å²) in [6.45, 7) is 2.02. The molecule has 0 aromatic heterocycles. The first kappa shape index (κ1) is 7.45. The normalized spacial score (nSPS) is 23.5. The summed E-state index contributed by atoms with van der Waals surface area (Å²) in [4.78, 5) is 15.2. The number of carbonyl (C=O) groups is 1. The van der Waals surface area contributed by atoms with Crippen molar-refractivity contribution in [2.24, 2.45) is 4.99 Å². The average molecular weight is 139 g/mol. The highest BCUT2D eigenvalue weighted by Crippen LogP contribution is 2.11. The molecule has 0 aliphatic carbocycles. The maximum absolute atomic E-state index is 11.1. The third-order valence-electron chi connectivity index (χ3n) is 1.72. The summed E-state index contributed by atoms with van der Waals surface area (Å²) in [6.07, 6.45) is 5.43. The fraction of sp³-hybridized carbons (Fsp3) is 0.750. The van der Waals surface area contributed by atoms with Crippen LogP contribution in [0, 0.1) is 0 Å². The minimum Gasteiger partial charge on any atom is -0.297 e. The van der Waals surface area contributed by atoms with Crippen LogP contribution in [0.5, 0.6) is 0 Å². The van der Waals surface area contributed by atoms with E-state index in [1.54, 1.807) is 0 Å². The first-order chi connectivity index (χ1) is 4.84. The van der Waals surface area contributed by atoms with Gasteiger partial charge in [-0.15, -0.1) is 0 Å². The van der Waals surface area contributed by atoms with Crippen LogP contribution in [0.2, 0.25) is 0 Å². The van der Waals surface area contributed by atoms with Crippen molar-refractivity contribution in [1.29, 1.82) is 0 Å². The standard InChI is InChI=1S/C8H13NO/c1-2-4-8(10)7-5-3-6-9-7/h6-7H,2-5H2,1H3. The molecule has 0 bridgehead atoms. The lowest BCUT2D eigenvalue weighted by Crippen LogP contribution is -2.14. The van der Waals surface area contributed by atoms with E-state index in [4.69, 9.17) is 0 Å². The number of nitrogens with zero attached hydrogens (tertiary/aromatic N) is 1. The summed E-state index contributed by atoms with van der Waals surface area (Å²) in [5.74, 6) is 0.316. The Bertz CT molecular complexity index is 151. The van der Waals surface area contributed by atoms with Gasteiger partial charge in [0, 0.05) is 6.42 Å². The van der Waals surface area contributed by atoms with Crippen LogP contribution in [0.25, 0.3) is 0 Å². The predicted octanol–water partition coefficient (Wildman–Crippen LogP) is 1.59. The number of aliphatic imine (C=N–C) groups is 1. The lowest BCUT2D eigenvalue weighted by molar-refractivity contribution is -0.120. The number of ketones is 1. The highest BCUT2D eigenvalue weighted by molar-refractivity contribution is 5.86. The molecule has 56 valence electrons.